The molecule has 1 atom stereocenters. The fraction of sp³-hybridized carbons (Fsp3) is 0.333. The van der Waals surface area contributed by atoms with Crippen molar-refractivity contribution in [2.45, 2.75) is 32.5 Å². The van der Waals surface area contributed by atoms with E-state index in [9.17, 15) is 14.3 Å². The molecule has 0 aliphatic heterocycles. The molecule has 178 valence electrons. The van der Waals surface area contributed by atoms with Crippen LogP contribution in [0.4, 0.5) is 15.1 Å². The van der Waals surface area contributed by atoms with E-state index in [1.807, 2.05) is 0 Å². The highest BCUT2D eigenvalue weighted by Gasteiger charge is 2.21. The second kappa shape index (κ2) is 11.0. The molecule has 1 unspecified atom stereocenters. The molecule has 0 fully saturated rings. The molecule has 0 spiro atoms. The summed E-state index contributed by atoms with van der Waals surface area (Å²) in [6, 6.07) is 5.33. The number of anilines is 1. The molecule has 0 saturated heterocycles. The predicted molar refractivity (Wildman–Crippen MR) is 130 cm³/mol. The fourth-order valence-corrected chi connectivity index (χ4v) is 3.43. The van der Waals surface area contributed by atoms with Crippen LogP contribution in [0.15, 0.2) is 36.7 Å². The zero-order chi connectivity index (χ0) is 24.7. The van der Waals surface area contributed by atoms with E-state index in [-0.39, 0.29) is 12.6 Å². The van der Waals surface area contributed by atoms with Crippen LogP contribution in [0.2, 0.25) is 0 Å². The first-order chi connectivity index (χ1) is 16.1. The molecule has 10 heteroatoms. The van der Waals surface area contributed by atoms with E-state index in [2.05, 4.69) is 26.8 Å². The van der Waals surface area contributed by atoms with E-state index in [0.29, 0.717) is 11.3 Å². The molecule has 0 radical (unpaired) electrons. The van der Waals surface area contributed by atoms with Crippen LogP contribution in [-0.2, 0) is 4.74 Å². The van der Waals surface area contributed by atoms with Crippen molar-refractivity contribution in [1.82, 2.24) is 15.0 Å². The van der Waals surface area contributed by atoms with E-state index in [1.54, 1.807) is 51.1 Å². The number of carbonyl (C=O) groups is 1. The normalized spacial score (nSPS) is 12.3. The molecular weight excluding hydrogens is 459 g/mol. The van der Waals surface area contributed by atoms with Crippen LogP contribution in [0.25, 0.3) is 16.3 Å². The van der Waals surface area contributed by atoms with Crippen LogP contribution in [0.3, 0.4) is 0 Å². The van der Waals surface area contributed by atoms with Crippen LogP contribution in [0.5, 0.6) is 5.75 Å². The zero-order valence-electron chi connectivity index (χ0n) is 19.3. The Labute approximate surface area is 201 Å². The number of thiazole rings is 1. The van der Waals surface area contributed by atoms with Crippen molar-refractivity contribution in [3.8, 4) is 17.6 Å². The lowest BCUT2D eigenvalue weighted by Gasteiger charge is -2.23. The molecule has 2 aromatic heterocycles. The third-order valence-corrected chi connectivity index (χ3v) is 5.11. The van der Waals surface area contributed by atoms with Gasteiger partial charge >= 0.3 is 6.09 Å². The number of halogens is 1. The van der Waals surface area contributed by atoms with E-state index in [0.717, 1.165) is 15.2 Å². The first-order valence-corrected chi connectivity index (χ1v) is 11.2. The molecule has 0 saturated carbocycles. The van der Waals surface area contributed by atoms with Crippen molar-refractivity contribution in [2.75, 3.05) is 25.2 Å². The first kappa shape index (κ1) is 25.1. The molecule has 3 aromatic rings. The second-order valence-corrected chi connectivity index (χ2v) is 9.28. The van der Waals surface area contributed by atoms with Gasteiger partial charge in [-0.05, 0) is 51.1 Å². The number of nitrogens with zero attached hydrogens (tertiary/aromatic N) is 4. The number of hydrogen-bond acceptors (Lipinski definition) is 8. The smallest absolute Gasteiger partial charge is 0.416 e. The number of rotatable bonds is 6. The number of benzene rings is 1. The molecule has 2 heterocycles. The highest BCUT2D eigenvalue weighted by atomic mass is 32.1. The number of carbonyl (C=O) groups excluding carboxylic acids is 1. The minimum absolute atomic E-state index is 0.106. The fourth-order valence-electron chi connectivity index (χ4n) is 2.53. The maximum Gasteiger partial charge on any atom is 0.416 e. The van der Waals surface area contributed by atoms with Gasteiger partial charge in [-0.25, -0.2) is 29.0 Å². The van der Waals surface area contributed by atoms with Crippen LogP contribution in [-0.4, -0.2) is 58.2 Å². The van der Waals surface area contributed by atoms with Gasteiger partial charge in [0.1, 0.15) is 35.7 Å². The largest absolute Gasteiger partial charge is 0.491 e. The third kappa shape index (κ3) is 7.23. The van der Waals surface area contributed by atoms with Crippen LogP contribution < -0.4 is 9.64 Å². The number of ether oxygens (including phenoxy) is 2. The number of aliphatic hydroxyl groups excluding tert-OH is 1. The Morgan fingerprint density at radius 1 is 1.32 bits per heavy atom. The van der Waals surface area contributed by atoms with E-state index >= 15 is 0 Å². The van der Waals surface area contributed by atoms with Crippen LogP contribution in [0.1, 0.15) is 31.3 Å². The molecule has 8 nitrogen and oxygen atoms in total. The van der Waals surface area contributed by atoms with E-state index < -0.39 is 24.5 Å². The molecule has 1 aromatic carbocycles. The Kier molecular flexibility index (Phi) is 8.15. The Morgan fingerprint density at radius 3 is 2.74 bits per heavy atom. The number of aliphatic hydroxyl groups is 1. The average Bonchev–Trinajstić information content (AvgIpc) is 3.21. The van der Waals surface area contributed by atoms with Crippen molar-refractivity contribution >= 4 is 39.7 Å². The summed E-state index contributed by atoms with van der Waals surface area (Å²) in [5, 5.41) is 10.0. The quantitative estimate of drug-likeness (QED) is 0.523. The number of alkyl halides is 1. The van der Waals surface area contributed by atoms with E-state index in [4.69, 9.17) is 9.47 Å². The summed E-state index contributed by atoms with van der Waals surface area (Å²) in [5.41, 5.74) is 0.781. The van der Waals surface area contributed by atoms with Gasteiger partial charge < -0.3 is 14.6 Å². The predicted octanol–water partition coefficient (Wildman–Crippen LogP) is 4.23. The standard InChI is InChI=1S/C24H25FN4O4S/c1-24(2,3)33-23(31)29(4)22-26-13-16(14-27-22)7-5-6-8-21-28-19-10-9-18(11-20(19)34-21)32-15-17(30)12-25/h6,8-11,13-14,17,30H,12,15H2,1-4H3/b8-6+. The minimum atomic E-state index is -1.14. The zero-order valence-corrected chi connectivity index (χ0v) is 20.1. The third-order valence-electron chi connectivity index (χ3n) is 4.13. The lowest BCUT2D eigenvalue weighted by molar-refractivity contribution is 0.0587. The van der Waals surface area contributed by atoms with Crippen molar-refractivity contribution in [3.05, 3.63) is 47.2 Å². The van der Waals surface area contributed by atoms with Crippen LogP contribution >= 0.6 is 11.3 Å². The maximum atomic E-state index is 12.3. The Bertz CT molecular complexity index is 1230. The molecule has 0 bridgehead atoms. The summed E-state index contributed by atoms with van der Waals surface area (Å²) in [6.07, 6.45) is 4.85. The summed E-state index contributed by atoms with van der Waals surface area (Å²) < 4.78 is 23.9. The van der Waals surface area contributed by atoms with Gasteiger partial charge in [-0.1, -0.05) is 11.8 Å². The first-order valence-electron chi connectivity index (χ1n) is 10.4. The highest BCUT2D eigenvalue weighted by Crippen LogP contribution is 2.27. The number of aromatic nitrogens is 3. The van der Waals surface area contributed by atoms with Gasteiger partial charge in [-0.3, -0.25) is 0 Å². The summed E-state index contributed by atoms with van der Waals surface area (Å²) in [7, 11) is 1.54. The maximum absolute atomic E-state index is 12.3. The summed E-state index contributed by atoms with van der Waals surface area (Å²) in [4.78, 5) is 26.2. The van der Waals surface area contributed by atoms with Gasteiger partial charge in [0.2, 0.25) is 5.95 Å². The van der Waals surface area contributed by atoms with Crippen LogP contribution in [0, 0.1) is 11.8 Å². The SMILES string of the molecule is CN(C(=O)OC(C)(C)C)c1ncc(C#C/C=C/c2nc3ccc(OCC(O)CF)cc3s2)cn1. The lowest BCUT2D eigenvalue weighted by atomic mass is 10.2. The number of hydrogen-bond donors (Lipinski definition) is 1. The average molecular weight is 485 g/mol. The molecule has 0 aliphatic rings. The number of allylic oxidation sites excluding steroid dienone is 1. The topological polar surface area (TPSA) is 97.7 Å². The minimum Gasteiger partial charge on any atom is -0.491 e. The van der Waals surface area contributed by atoms with E-state index in [1.165, 1.54) is 35.7 Å². The monoisotopic (exact) mass is 484 g/mol. The molecule has 3 rings (SSSR count). The molecular formula is C24H25FN4O4S. The Morgan fingerprint density at radius 2 is 2.06 bits per heavy atom. The van der Waals surface area contributed by atoms with Gasteiger partial charge in [0, 0.05) is 19.4 Å². The van der Waals surface area contributed by atoms with Gasteiger partial charge in [-0.2, -0.15) is 0 Å². The van der Waals surface area contributed by atoms with Crippen molar-refractivity contribution in [3.63, 3.8) is 0 Å². The molecule has 1 amide bonds. The molecule has 1 N–H and O–H groups in total. The van der Waals surface area contributed by atoms with Gasteiger partial charge in [0.05, 0.1) is 15.8 Å². The summed E-state index contributed by atoms with van der Waals surface area (Å²) >= 11 is 1.45. The van der Waals surface area contributed by atoms with Crippen molar-refractivity contribution < 1.29 is 23.8 Å². The number of amides is 1. The Hall–Kier alpha value is -3.55. The lowest BCUT2D eigenvalue weighted by Crippen LogP contribution is -2.35. The number of fused-ring (bicyclic) bond motifs is 1. The highest BCUT2D eigenvalue weighted by molar-refractivity contribution is 7.19. The van der Waals surface area contributed by atoms with Gasteiger partial charge in [0.15, 0.2) is 0 Å². The van der Waals surface area contributed by atoms with Crippen molar-refractivity contribution in [1.29, 1.82) is 0 Å². The second-order valence-electron chi connectivity index (χ2n) is 8.21. The van der Waals surface area contributed by atoms with Crippen molar-refractivity contribution in [2.24, 2.45) is 0 Å². The van der Waals surface area contributed by atoms with Gasteiger partial charge in [-0.15, -0.1) is 11.3 Å². The van der Waals surface area contributed by atoms with Gasteiger partial charge in [0.25, 0.3) is 0 Å². The Balaban J connectivity index is 1.61. The summed E-state index contributed by atoms with van der Waals surface area (Å²) in [6.45, 7) is 4.41. The molecule has 0 aliphatic carbocycles. The summed E-state index contributed by atoms with van der Waals surface area (Å²) in [5.74, 6) is 6.60. The molecule has 34 heavy (non-hydrogen) atoms.